The Kier molecular flexibility index (Phi) is 13.6. The fourth-order valence-electron chi connectivity index (χ4n) is 3.60. The van der Waals surface area contributed by atoms with Crippen molar-refractivity contribution in [2.24, 2.45) is 16.7 Å². The number of hydrogen-bond acceptors (Lipinski definition) is 2. The van der Waals surface area contributed by atoms with Gasteiger partial charge in [-0.3, -0.25) is 4.52 Å². The van der Waals surface area contributed by atoms with Crippen LogP contribution >= 0.6 is 8.69 Å². The largest absolute Gasteiger partial charge is 0.439 e. The Balaban J connectivity index is 0.00000596. The van der Waals surface area contributed by atoms with Crippen LogP contribution in [0.2, 0.25) is 0 Å². The summed E-state index contributed by atoms with van der Waals surface area (Å²) in [6.07, 6.45) is 4.56. The molecule has 1 rings (SSSR count). The summed E-state index contributed by atoms with van der Waals surface area (Å²) in [6.45, 7) is 36.0. The molecule has 0 heterocycles. The Hall–Kier alpha value is -1.18. The summed E-state index contributed by atoms with van der Waals surface area (Å²) in [5.74, 6) is 0.982. The third-order valence-electron chi connectivity index (χ3n) is 6.09. The van der Waals surface area contributed by atoms with Crippen LogP contribution < -0.4 is 4.52 Å². The average molecular weight is 523 g/mol. The van der Waals surface area contributed by atoms with Crippen LogP contribution in [0.1, 0.15) is 126 Å². The van der Waals surface area contributed by atoms with Gasteiger partial charge in [0.05, 0.1) is 6.10 Å². The van der Waals surface area contributed by atoms with Crippen LogP contribution in [0.4, 0.5) is 4.20 Å². The van der Waals surface area contributed by atoms with Gasteiger partial charge in [0.25, 0.3) is 0 Å². The van der Waals surface area contributed by atoms with E-state index in [0.29, 0.717) is 11.7 Å². The van der Waals surface area contributed by atoms with Crippen molar-refractivity contribution < 1.29 is 13.2 Å². The van der Waals surface area contributed by atoms with Crippen LogP contribution in [0.5, 0.6) is 5.75 Å². The van der Waals surface area contributed by atoms with Crippen molar-refractivity contribution >= 4 is 8.69 Å². The molecule has 1 aromatic rings. The van der Waals surface area contributed by atoms with Crippen molar-refractivity contribution in [2.45, 2.75) is 128 Å². The highest BCUT2D eigenvalue weighted by Gasteiger charge is 2.33. The smallest absolute Gasteiger partial charge is 0.423 e. The van der Waals surface area contributed by atoms with Crippen LogP contribution in [0.25, 0.3) is 0 Å². The van der Waals surface area contributed by atoms with Gasteiger partial charge in [0.2, 0.25) is 0 Å². The predicted molar refractivity (Wildman–Crippen MR) is 160 cm³/mol. The van der Waals surface area contributed by atoms with Crippen molar-refractivity contribution in [1.29, 1.82) is 0 Å². The molecule has 0 spiro atoms. The number of allylic oxidation sites excluding steroid dienone is 1. The molecular weight excluding hydrogens is 466 g/mol. The third-order valence-corrected chi connectivity index (χ3v) is 6.81. The van der Waals surface area contributed by atoms with Gasteiger partial charge in [-0.25, -0.2) is 0 Å². The quantitative estimate of drug-likeness (QED) is 0.237. The average Bonchev–Trinajstić information content (AvgIpc) is 2.74. The maximum Gasteiger partial charge on any atom is 0.439 e. The second-order valence-electron chi connectivity index (χ2n) is 13.0. The Labute approximate surface area is 225 Å². The first-order valence-corrected chi connectivity index (χ1v) is 14.7. The maximum absolute atomic E-state index is 15.6. The first-order chi connectivity index (χ1) is 16.3. The predicted octanol–water partition coefficient (Wildman–Crippen LogP) is 11.5. The number of rotatable bonds is 9. The molecule has 208 valence electrons. The van der Waals surface area contributed by atoms with Gasteiger partial charge in [0, 0.05) is 11.5 Å². The molecule has 3 atom stereocenters. The topological polar surface area (TPSA) is 18.5 Å². The van der Waals surface area contributed by atoms with Gasteiger partial charge < -0.3 is 4.52 Å². The molecule has 0 radical (unpaired) electrons. The van der Waals surface area contributed by atoms with Crippen molar-refractivity contribution in [3.8, 4) is 5.75 Å². The SMILES string of the molecule is C=C(C(OP(F)Oc1c(CC)cc(C(C)C)cc1C(C)(C)C)C(C)/C=C/C(C)(C)C)C(C)(C)C.CC. The van der Waals surface area contributed by atoms with Crippen LogP contribution in [-0.2, 0) is 16.4 Å². The highest BCUT2D eigenvalue weighted by molar-refractivity contribution is 7.41. The zero-order valence-electron chi connectivity index (χ0n) is 26.1. The van der Waals surface area contributed by atoms with Crippen molar-refractivity contribution in [3.05, 3.63) is 53.1 Å². The molecule has 4 heteroatoms. The van der Waals surface area contributed by atoms with Crippen molar-refractivity contribution in [1.82, 2.24) is 0 Å². The van der Waals surface area contributed by atoms with E-state index >= 15 is 4.20 Å². The molecular formula is C32H56FO2P. The summed E-state index contributed by atoms with van der Waals surface area (Å²) in [5.41, 5.74) is 3.81. The minimum Gasteiger partial charge on any atom is -0.423 e. The molecule has 0 aliphatic rings. The summed E-state index contributed by atoms with van der Waals surface area (Å²) in [7, 11) is -2.65. The first kappa shape index (κ1) is 34.8. The van der Waals surface area contributed by atoms with E-state index in [1.807, 2.05) is 13.8 Å². The van der Waals surface area contributed by atoms with E-state index in [-0.39, 0.29) is 22.2 Å². The number of benzene rings is 1. The molecule has 0 amide bonds. The highest BCUT2D eigenvalue weighted by Crippen LogP contribution is 2.50. The first-order valence-electron chi connectivity index (χ1n) is 13.6. The van der Waals surface area contributed by atoms with Gasteiger partial charge in [-0.1, -0.05) is 135 Å². The van der Waals surface area contributed by atoms with E-state index in [2.05, 4.69) is 121 Å². The minimum absolute atomic E-state index is 0.0358. The number of aryl methyl sites for hydroxylation is 1. The van der Waals surface area contributed by atoms with E-state index in [4.69, 9.17) is 9.05 Å². The Morgan fingerprint density at radius 2 is 1.53 bits per heavy atom. The summed E-state index contributed by atoms with van der Waals surface area (Å²) < 4.78 is 27.7. The molecule has 2 nitrogen and oxygen atoms in total. The summed E-state index contributed by atoms with van der Waals surface area (Å²) in [6, 6.07) is 4.32. The Bertz CT molecular complexity index is 851. The standard InChI is InChI=1S/C30H50FO2P.C2H6/c1-15-23-18-24(20(2)3)19-25(30(12,13)14)27(23)33-34(31)32-26(22(5)29(9,10)11)21(4)16-17-28(6,7)8;1-2/h16-21,26H,5,15H2,1-4,6-14H3;1-2H3/b17-16+;. The molecule has 0 saturated carbocycles. The Morgan fingerprint density at radius 1 is 1.00 bits per heavy atom. The normalized spacial score (nSPS) is 15.4. The van der Waals surface area contributed by atoms with Crippen LogP contribution in [0.15, 0.2) is 36.4 Å². The minimum atomic E-state index is -2.65. The zero-order chi connectivity index (χ0) is 28.6. The van der Waals surface area contributed by atoms with Gasteiger partial charge in [0.15, 0.2) is 0 Å². The van der Waals surface area contributed by atoms with Gasteiger partial charge in [0.1, 0.15) is 5.75 Å². The van der Waals surface area contributed by atoms with E-state index in [1.54, 1.807) is 0 Å². The molecule has 0 fully saturated rings. The second-order valence-corrected chi connectivity index (χ2v) is 13.8. The van der Waals surface area contributed by atoms with Crippen LogP contribution in [0.3, 0.4) is 0 Å². The molecule has 0 aliphatic heterocycles. The summed E-state index contributed by atoms with van der Waals surface area (Å²) >= 11 is 0. The second kappa shape index (κ2) is 14.1. The molecule has 36 heavy (non-hydrogen) atoms. The molecule has 3 unspecified atom stereocenters. The van der Waals surface area contributed by atoms with Gasteiger partial charge in [-0.05, 0) is 45.3 Å². The molecule has 0 N–H and O–H groups in total. The lowest BCUT2D eigenvalue weighted by Gasteiger charge is -2.33. The fraction of sp³-hybridized carbons (Fsp3) is 0.688. The van der Waals surface area contributed by atoms with Crippen molar-refractivity contribution in [2.75, 3.05) is 0 Å². The number of hydrogen-bond donors (Lipinski definition) is 0. The van der Waals surface area contributed by atoms with E-state index < -0.39 is 14.8 Å². The lowest BCUT2D eigenvalue weighted by molar-refractivity contribution is 0.165. The fourth-order valence-corrected chi connectivity index (χ4v) is 4.50. The van der Waals surface area contributed by atoms with Crippen LogP contribution in [0, 0.1) is 16.7 Å². The number of halogens is 1. The molecule has 1 aromatic carbocycles. The monoisotopic (exact) mass is 522 g/mol. The molecule has 0 aromatic heterocycles. The Morgan fingerprint density at radius 3 is 1.92 bits per heavy atom. The zero-order valence-corrected chi connectivity index (χ0v) is 27.0. The van der Waals surface area contributed by atoms with Gasteiger partial charge >= 0.3 is 8.69 Å². The maximum atomic E-state index is 15.6. The molecule has 0 bridgehead atoms. The third kappa shape index (κ3) is 11.1. The molecule has 0 saturated heterocycles. The summed E-state index contributed by atoms with van der Waals surface area (Å²) in [4.78, 5) is 0. The highest BCUT2D eigenvalue weighted by atomic mass is 31.2. The lowest BCUT2D eigenvalue weighted by atomic mass is 9.80. The van der Waals surface area contributed by atoms with Gasteiger partial charge in [-0.2, -0.15) is 0 Å². The van der Waals surface area contributed by atoms with Crippen LogP contribution in [-0.4, -0.2) is 6.10 Å². The van der Waals surface area contributed by atoms with E-state index in [1.165, 1.54) is 5.56 Å². The van der Waals surface area contributed by atoms with Gasteiger partial charge in [-0.15, -0.1) is 4.20 Å². The summed E-state index contributed by atoms with van der Waals surface area (Å²) in [5, 5.41) is 0. The molecule has 0 aliphatic carbocycles. The van der Waals surface area contributed by atoms with E-state index in [0.717, 1.165) is 23.1 Å². The van der Waals surface area contributed by atoms with Crippen molar-refractivity contribution in [3.63, 3.8) is 0 Å². The lowest BCUT2D eigenvalue weighted by Crippen LogP contribution is -2.28. The van der Waals surface area contributed by atoms with E-state index in [9.17, 15) is 0 Å².